The molecule has 1 N–H and O–H groups in total. The average Bonchev–Trinajstić information content (AvgIpc) is 3.07. The van der Waals surface area contributed by atoms with Crippen molar-refractivity contribution in [3.63, 3.8) is 0 Å². The molecule has 1 aliphatic heterocycles. The first kappa shape index (κ1) is 42.8. The number of aliphatic hydroxyl groups is 1. The van der Waals surface area contributed by atoms with Crippen LogP contribution in [-0.4, -0.2) is 78.0 Å². The summed E-state index contributed by atoms with van der Waals surface area (Å²) in [5.74, 6) is -1.72. The van der Waals surface area contributed by atoms with Gasteiger partial charge in [-0.1, -0.05) is 60.1 Å². The molecule has 6 aliphatic rings. The third-order valence-corrected chi connectivity index (χ3v) is 16.6. The summed E-state index contributed by atoms with van der Waals surface area (Å²) in [7, 11) is 0. The van der Waals surface area contributed by atoms with Crippen LogP contribution in [-0.2, 0) is 47.7 Å². The lowest BCUT2D eigenvalue weighted by Gasteiger charge is -2.71. The number of ketones is 1. The number of aliphatic hydroxyl groups excluding tert-OH is 1. The van der Waals surface area contributed by atoms with Crippen molar-refractivity contribution >= 4 is 29.7 Å². The van der Waals surface area contributed by atoms with Gasteiger partial charge in [0.25, 0.3) is 0 Å². The van der Waals surface area contributed by atoms with Crippen LogP contribution < -0.4 is 0 Å². The van der Waals surface area contributed by atoms with E-state index in [9.17, 15) is 24.3 Å². The maximum absolute atomic E-state index is 15.4. The largest absolute Gasteiger partial charge is 0.463 e. The fraction of sp³-hybridized carbons (Fsp3) is 0.844. The van der Waals surface area contributed by atoms with Crippen LogP contribution in [0.25, 0.3) is 0 Å². The number of fused-ring (bicyclic) bond motifs is 7. The second-order valence-corrected chi connectivity index (χ2v) is 20.6. The molecule has 5 aliphatic carbocycles. The molecule has 13 atom stereocenters. The molecule has 5 fully saturated rings. The van der Waals surface area contributed by atoms with Gasteiger partial charge in [0.15, 0.2) is 18.3 Å². The van der Waals surface area contributed by atoms with Crippen LogP contribution in [0.5, 0.6) is 0 Å². The van der Waals surface area contributed by atoms with E-state index in [0.29, 0.717) is 18.3 Å². The molecular formula is C45H68O11. The fourth-order valence-corrected chi connectivity index (χ4v) is 13.6. The molecule has 0 amide bonds. The van der Waals surface area contributed by atoms with Gasteiger partial charge in [-0.25, -0.2) is 0 Å². The number of esters is 4. The van der Waals surface area contributed by atoms with E-state index in [1.165, 1.54) is 33.3 Å². The van der Waals surface area contributed by atoms with E-state index in [1.54, 1.807) is 0 Å². The number of Topliss-reactive ketones (excluding diaryl/α,β-unsaturated/α-hetero) is 1. The zero-order valence-corrected chi connectivity index (χ0v) is 35.8. The van der Waals surface area contributed by atoms with E-state index >= 15 is 4.79 Å². The van der Waals surface area contributed by atoms with Gasteiger partial charge >= 0.3 is 23.9 Å². The molecule has 11 nitrogen and oxygen atoms in total. The van der Waals surface area contributed by atoms with Crippen LogP contribution in [0.3, 0.4) is 0 Å². The summed E-state index contributed by atoms with van der Waals surface area (Å²) in [6, 6.07) is 0. The summed E-state index contributed by atoms with van der Waals surface area (Å²) in [6.07, 6.45) is 5.17. The van der Waals surface area contributed by atoms with Crippen molar-refractivity contribution in [2.45, 2.75) is 183 Å². The molecule has 56 heavy (non-hydrogen) atoms. The Morgan fingerprint density at radius 1 is 0.714 bits per heavy atom. The number of hydrogen-bond donors (Lipinski definition) is 1. The van der Waals surface area contributed by atoms with Crippen molar-refractivity contribution < 1.29 is 52.8 Å². The summed E-state index contributed by atoms with van der Waals surface area (Å²) in [6.45, 7) is 21.2. The fourth-order valence-electron chi connectivity index (χ4n) is 13.6. The highest BCUT2D eigenvalue weighted by Crippen LogP contribution is 2.76. The monoisotopic (exact) mass is 784 g/mol. The standard InChI is InChI=1S/C45H68O11/c1-25(46)52-24-32-38(54-27(3)48)39(55-28(4)49)37(53-26(2)47)31(56-32)22-36(51)45-20-18-40(5,6)23-30(45)29-12-13-34-42(9)16-15-35(50)41(7,8)33(42)14-17-44(34,11)43(29,10)19-21-45/h12,30-35,37-39,50H,13-24H2,1-11H3/t30?,31-,32?,33?,34?,35+,37-,38+,39?,42+,43-,44-,45+/m1/s1. The molecular weight excluding hydrogens is 716 g/mol. The molecule has 0 bridgehead atoms. The number of rotatable bonds is 8. The van der Waals surface area contributed by atoms with Crippen LogP contribution in [0.2, 0.25) is 0 Å². The molecule has 5 unspecified atom stereocenters. The highest BCUT2D eigenvalue weighted by molar-refractivity contribution is 5.87. The van der Waals surface area contributed by atoms with E-state index in [0.717, 1.165) is 57.8 Å². The molecule has 4 saturated carbocycles. The van der Waals surface area contributed by atoms with Crippen LogP contribution in [0, 0.1) is 50.2 Å². The SMILES string of the molecule is CC(=O)OCC1O[C@H](CC(=O)[C@]23CCC(C)(C)CC2C2=CCC4[C@@]5(C)CC[C@H](O)C(C)(C)C5CC[C@@]4(C)[C@]2(C)CC3)[C@@H](OC(C)=O)C(OC(C)=O)[C@H]1OC(C)=O. The number of ether oxygens (including phenoxy) is 5. The van der Waals surface area contributed by atoms with E-state index in [2.05, 4.69) is 54.5 Å². The molecule has 0 radical (unpaired) electrons. The van der Waals surface area contributed by atoms with Crippen LogP contribution in [0.15, 0.2) is 11.6 Å². The van der Waals surface area contributed by atoms with Gasteiger partial charge in [-0.2, -0.15) is 0 Å². The first-order chi connectivity index (χ1) is 25.9. The summed E-state index contributed by atoms with van der Waals surface area (Å²) in [4.78, 5) is 64.7. The lowest BCUT2D eigenvalue weighted by molar-refractivity contribution is -0.253. The number of allylic oxidation sites excluding steroid dienone is 2. The Bertz CT molecular complexity index is 1630. The van der Waals surface area contributed by atoms with Gasteiger partial charge in [-0.05, 0) is 109 Å². The highest BCUT2D eigenvalue weighted by atomic mass is 16.7. The summed E-state index contributed by atoms with van der Waals surface area (Å²) in [5.41, 5.74) is 0.635. The predicted molar refractivity (Wildman–Crippen MR) is 207 cm³/mol. The van der Waals surface area contributed by atoms with Gasteiger partial charge in [0, 0.05) is 39.5 Å². The minimum atomic E-state index is -1.30. The van der Waals surface area contributed by atoms with Gasteiger partial charge in [-0.15, -0.1) is 0 Å². The Morgan fingerprint density at radius 3 is 1.91 bits per heavy atom. The predicted octanol–water partition coefficient (Wildman–Crippen LogP) is 7.23. The van der Waals surface area contributed by atoms with Crippen molar-refractivity contribution in [2.24, 2.45) is 50.2 Å². The Balaban J connectivity index is 1.37. The normalized spacial score (nSPS) is 43.6. The van der Waals surface area contributed by atoms with Crippen LogP contribution in [0.1, 0.15) is 147 Å². The van der Waals surface area contributed by atoms with Gasteiger partial charge in [0.1, 0.15) is 24.6 Å². The zero-order valence-electron chi connectivity index (χ0n) is 35.8. The maximum atomic E-state index is 15.4. The molecule has 0 aromatic heterocycles. The Labute approximate surface area is 333 Å². The smallest absolute Gasteiger partial charge is 0.303 e. The zero-order chi connectivity index (χ0) is 41.4. The van der Waals surface area contributed by atoms with Crippen LogP contribution >= 0.6 is 0 Å². The van der Waals surface area contributed by atoms with Crippen molar-refractivity contribution in [1.29, 1.82) is 0 Å². The second kappa shape index (κ2) is 14.8. The quantitative estimate of drug-likeness (QED) is 0.151. The van der Waals surface area contributed by atoms with E-state index in [-0.39, 0.29) is 57.9 Å². The van der Waals surface area contributed by atoms with Crippen LogP contribution in [0.4, 0.5) is 0 Å². The lowest BCUT2D eigenvalue weighted by atomic mass is 9.33. The molecule has 1 heterocycles. The summed E-state index contributed by atoms with van der Waals surface area (Å²) < 4.78 is 28.9. The highest BCUT2D eigenvalue weighted by Gasteiger charge is 2.69. The topological polar surface area (TPSA) is 152 Å². The first-order valence-corrected chi connectivity index (χ1v) is 21.1. The molecule has 314 valence electrons. The number of hydrogen-bond acceptors (Lipinski definition) is 11. The molecule has 0 aromatic carbocycles. The minimum absolute atomic E-state index is 0.0103. The Morgan fingerprint density at radius 2 is 1.30 bits per heavy atom. The molecule has 11 heteroatoms. The van der Waals surface area contributed by atoms with Crippen molar-refractivity contribution in [3.05, 3.63) is 11.6 Å². The number of carbonyl (C=O) groups excluding carboxylic acids is 5. The van der Waals surface area contributed by atoms with E-state index in [4.69, 9.17) is 23.7 Å². The lowest BCUT2D eigenvalue weighted by Crippen LogP contribution is -2.65. The molecule has 0 spiro atoms. The van der Waals surface area contributed by atoms with E-state index < -0.39 is 59.8 Å². The summed E-state index contributed by atoms with van der Waals surface area (Å²) >= 11 is 0. The third-order valence-electron chi connectivity index (χ3n) is 16.6. The van der Waals surface area contributed by atoms with E-state index in [1.807, 2.05) is 0 Å². The van der Waals surface area contributed by atoms with Crippen molar-refractivity contribution in [2.75, 3.05) is 6.61 Å². The van der Waals surface area contributed by atoms with Gasteiger partial charge in [0.2, 0.25) is 0 Å². The van der Waals surface area contributed by atoms with Crippen molar-refractivity contribution in [3.8, 4) is 0 Å². The van der Waals surface area contributed by atoms with Gasteiger partial charge < -0.3 is 28.8 Å². The summed E-state index contributed by atoms with van der Waals surface area (Å²) in [5, 5.41) is 11.1. The maximum Gasteiger partial charge on any atom is 0.303 e. The second-order valence-electron chi connectivity index (χ2n) is 20.6. The van der Waals surface area contributed by atoms with Gasteiger partial charge in [0.05, 0.1) is 6.10 Å². The van der Waals surface area contributed by atoms with Crippen molar-refractivity contribution in [1.82, 2.24) is 0 Å². The molecule has 1 saturated heterocycles. The Kier molecular flexibility index (Phi) is 11.3. The first-order valence-electron chi connectivity index (χ1n) is 21.1. The number of carbonyl (C=O) groups is 5. The Hall–Kier alpha value is -2.79. The average molecular weight is 785 g/mol. The molecule has 0 aromatic rings. The minimum Gasteiger partial charge on any atom is -0.463 e. The van der Waals surface area contributed by atoms with Gasteiger partial charge in [-0.3, -0.25) is 24.0 Å². The third kappa shape index (κ3) is 7.06. The molecule has 6 rings (SSSR count).